The number of carbonyl (C=O) groups is 1. The van der Waals surface area contributed by atoms with Gasteiger partial charge in [0, 0.05) is 31.2 Å². The lowest BCUT2D eigenvalue weighted by Crippen LogP contribution is -2.48. The molecular weight excluding hydrogens is 412 g/mol. The fourth-order valence-corrected chi connectivity index (χ4v) is 4.12. The summed E-state index contributed by atoms with van der Waals surface area (Å²) in [5, 5.41) is 0. The van der Waals surface area contributed by atoms with E-state index in [0.717, 1.165) is 56.9 Å². The molecule has 0 unspecified atom stereocenters. The van der Waals surface area contributed by atoms with E-state index in [1.807, 2.05) is 68.1 Å². The second-order valence-corrected chi connectivity index (χ2v) is 10.4. The maximum atomic E-state index is 12.5. The van der Waals surface area contributed by atoms with Gasteiger partial charge in [0.2, 0.25) is 0 Å². The van der Waals surface area contributed by atoms with Gasteiger partial charge in [0.05, 0.1) is 0 Å². The van der Waals surface area contributed by atoms with Crippen molar-refractivity contribution in [3.8, 4) is 11.5 Å². The highest BCUT2D eigenvalue weighted by Gasteiger charge is 2.30. The van der Waals surface area contributed by atoms with Crippen LogP contribution in [0.4, 0.5) is 4.79 Å². The summed E-state index contributed by atoms with van der Waals surface area (Å²) >= 11 is 0. The van der Waals surface area contributed by atoms with Gasteiger partial charge >= 0.3 is 6.09 Å². The first kappa shape index (κ1) is 25.1. The lowest BCUT2D eigenvalue weighted by Gasteiger charge is -2.39. The maximum Gasteiger partial charge on any atom is 0.410 e. The quantitative estimate of drug-likeness (QED) is 0.445. The molecule has 0 aromatic heterocycles. The van der Waals surface area contributed by atoms with Crippen LogP contribution in [-0.2, 0) is 11.3 Å². The molecule has 1 aliphatic rings. The zero-order valence-corrected chi connectivity index (χ0v) is 20.9. The van der Waals surface area contributed by atoms with Gasteiger partial charge < -0.3 is 14.4 Å². The summed E-state index contributed by atoms with van der Waals surface area (Å²) in [6, 6.07) is 18.7. The standard InChI is InChI=1S/C28H40N2O3/c1-22(2)15-18-30(24-16-19-29(20-17-24)27(31)33-28(3,4)5)21-23-11-9-10-14-26(23)32-25-12-7-6-8-13-25/h6-14,22,24H,15-21H2,1-5H3. The van der Waals surface area contributed by atoms with Gasteiger partial charge in [-0.2, -0.15) is 0 Å². The number of carbonyl (C=O) groups excluding carboxylic acids is 1. The molecule has 0 N–H and O–H groups in total. The Labute approximate surface area is 199 Å². The Morgan fingerprint density at radius 2 is 1.67 bits per heavy atom. The molecule has 33 heavy (non-hydrogen) atoms. The first-order valence-corrected chi connectivity index (χ1v) is 12.2. The molecule has 0 atom stereocenters. The third kappa shape index (κ3) is 8.08. The fourth-order valence-electron chi connectivity index (χ4n) is 4.12. The molecule has 0 bridgehead atoms. The minimum absolute atomic E-state index is 0.198. The second-order valence-electron chi connectivity index (χ2n) is 10.4. The number of amides is 1. The van der Waals surface area contributed by atoms with Crippen LogP contribution in [0.3, 0.4) is 0 Å². The Bertz CT molecular complexity index is 868. The SMILES string of the molecule is CC(C)CCN(Cc1ccccc1Oc1ccccc1)C1CCN(C(=O)OC(C)(C)C)CC1. The number of hydrogen-bond acceptors (Lipinski definition) is 4. The monoisotopic (exact) mass is 452 g/mol. The number of piperidine rings is 1. The summed E-state index contributed by atoms with van der Waals surface area (Å²) in [6.07, 6.45) is 2.86. The predicted molar refractivity (Wildman–Crippen MR) is 134 cm³/mol. The molecule has 1 fully saturated rings. The van der Waals surface area contributed by atoms with Gasteiger partial charge in [0.15, 0.2) is 0 Å². The number of rotatable bonds is 8. The van der Waals surface area contributed by atoms with E-state index in [0.29, 0.717) is 12.0 Å². The van der Waals surface area contributed by atoms with Crippen LogP contribution in [-0.4, -0.2) is 47.2 Å². The smallest absolute Gasteiger partial charge is 0.410 e. The highest BCUT2D eigenvalue weighted by atomic mass is 16.6. The van der Waals surface area contributed by atoms with E-state index in [1.54, 1.807) is 0 Å². The van der Waals surface area contributed by atoms with Crippen molar-refractivity contribution in [2.24, 2.45) is 5.92 Å². The van der Waals surface area contributed by atoms with Crippen LogP contribution in [0, 0.1) is 5.92 Å². The van der Waals surface area contributed by atoms with Crippen LogP contribution >= 0.6 is 0 Å². The van der Waals surface area contributed by atoms with E-state index in [9.17, 15) is 4.79 Å². The molecule has 1 saturated heterocycles. The van der Waals surface area contributed by atoms with E-state index in [4.69, 9.17) is 9.47 Å². The molecule has 0 saturated carbocycles. The van der Waals surface area contributed by atoms with Crippen LogP contribution in [0.25, 0.3) is 0 Å². The molecule has 5 heteroatoms. The van der Waals surface area contributed by atoms with Crippen LogP contribution in [0.2, 0.25) is 0 Å². The van der Waals surface area contributed by atoms with Gasteiger partial charge in [-0.05, 0) is 70.7 Å². The van der Waals surface area contributed by atoms with E-state index in [1.165, 1.54) is 5.56 Å². The summed E-state index contributed by atoms with van der Waals surface area (Å²) in [5.74, 6) is 2.40. The van der Waals surface area contributed by atoms with Crippen molar-refractivity contribution in [2.45, 2.75) is 72.1 Å². The molecule has 0 radical (unpaired) electrons. The Hall–Kier alpha value is -2.53. The topological polar surface area (TPSA) is 42.0 Å². The third-order valence-electron chi connectivity index (χ3n) is 5.94. The normalized spacial score (nSPS) is 15.2. The molecule has 2 aromatic carbocycles. The molecule has 0 spiro atoms. The number of para-hydroxylation sites is 2. The van der Waals surface area contributed by atoms with Crippen molar-refractivity contribution in [2.75, 3.05) is 19.6 Å². The van der Waals surface area contributed by atoms with E-state index >= 15 is 0 Å². The molecule has 1 heterocycles. The van der Waals surface area contributed by atoms with Crippen molar-refractivity contribution in [3.05, 3.63) is 60.2 Å². The van der Waals surface area contributed by atoms with Crippen LogP contribution in [0.1, 0.15) is 59.4 Å². The van der Waals surface area contributed by atoms with Crippen molar-refractivity contribution >= 4 is 6.09 Å². The van der Waals surface area contributed by atoms with Gasteiger partial charge in [-0.1, -0.05) is 50.2 Å². The number of hydrogen-bond donors (Lipinski definition) is 0. The zero-order chi connectivity index (χ0) is 23.8. The van der Waals surface area contributed by atoms with E-state index in [2.05, 4.69) is 30.9 Å². The van der Waals surface area contributed by atoms with Gasteiger partial charge in [-0.25, -0.2) is 4.79 Å². The van der Waals surface area contributed by atoms with Gasteiger partial charge in [0.25, 0.3) is 0 Å². The number of benzene rings is 2. The van der Waals surface area contributed by atoms with Crippen molar-refractivity contribution in [1.82, 2.24) is 9.80 Å². The van der Waals surface area contributed by atoms with Gasteiger partial charge in [0.1, 0.15) is 17.1 Å². The zero-order valence-electron chi connectivity index (χ0n) is 20.9. The van der Waals surface area contributed by atoms with Crippen molar-refractivity contribution in [1.29, 1.82) is 0 Å². The minimum atomic E-state index is -0.459. The van der Waals surface area contributed by atoms with Crippen LogP contribution in [0.15, 0.2) is 54.6 Å². The lowest BCUT2D eigenvalue weighted by molar-refractivity contribution is 0.0134. The summed E-state index contributed by atoms with van der Waals surface area (Å²) in [6.45, 7) is 13.6. The van der Waals surface area contributed by atoms with Crippen LogP contribution in [0.5, 0.6) is 11.5 Å². The van der Waals surface area contributed by atoms with Crippen molar-refractivity contribution in [3.63, 3.8) is 0 Å². The Morgan fingerprint density at radius 1 is 1.03 bits per heavy atom. The van der Waals surface area contributed by atoms with E-state index < -0.39 is 5.60 Å². The van der Waals surface area contributed by atoms with Gasteiger partial charge in [-0.3, -0.25) is 4.90 Å². The average Bonchev–Trinajstić information content (AvgIpc) is 2.77. The van der Waals surface area contributed by atoms with Crippen LogP contribution < -0.4 is 4.74 Å². The molecule has 5 nitrogen and oxygen atoms in total. The molecule has 1 amide bonds. The Morgan fingerprint density at radius 3 is 2.30 bits per heavy atom. The van der Waals surface area contributed by atoms with Gasteiger partial charge in [-0.15, -0.1) is 0 Å². The average molecular weight is 453 g/mol. The Balaban J connectivity index is 1.68. The summed E-state index contributed by atoms with van der Waals surface area (Å²) in [5.41, 5.74) is 0.736. The second kappa shape index (κ2) is 11.6. The summed E-state index contributed by atoms with van der Waals surface area (Å²) in [4.78, 5) is 16.9. The fraction of sp³-hybridized carbons (Fsp3) is 0.536. The summed E-state index contributed by atoms with van der Waals surface area (Å²) < 4.78 is 11.8. The molecule has 2 aromatic rings. The maximum absolute atomic E-state index is 12.5. The van der Waals surface area contributed by atoms with Crippen molar-refractivity contribution < 1.29 is 14.3 Å². The molecular formula is C28H40N2O3. The predicted octanol–water partition coefficient (Wildman–Crippen LogP) is 6.73. The Kier molecular flexibility index (Phi) is 8.79. The molecule has 180 valence electrons. The van der Waals surface area contributed by atoms with E-state index in [-0.39, 0.29) is 6.09 Å². The first-order chi connectivity index (χ1) is 15.7. The number of ether oxygens (including phenoxy) is 2. The minimum Gasteiger partial charge on any atom is -0.457 e. The molecule has 1 aliphatic heterocycles. The molecule has 0 aliphatic carbocycles. The number of likely N-dealkylation sites (tertiary alicyclic amines) is 1. The first-order valence-electron chi connectivity index (χ1n) is 12.2. The largest absolute Gasteiger partial charge is 0.457 e. The lowest BCUT2D eigenvalue weighted by atomic mass is 10.0. The third-order valence-corrected chi connectivity index (χ3v) is 5.94. The molecule has 3 rings (SSSR count). The number of nitrogens with zero attached hydrogens (tertiary/aromatic N) is 2. The highest BCUT2D eigenvalue weighted by molar-refractivity contribution is 5.68. The summed E-state index contributed by atoms with van der Waals surface area (Å²) in [7, 11) is 0. The highest BCUT2D eigenvalue weighted by Crippen LogP contribution is 2.28.